The van der Waals surface area contributed by atoms with Gasteiger partial charge in [0.25, 0.3) is 5.91 Å². The van der Waals surface area contributed by atoms with Gasteiger partial charge in [-0.25, -0.2) is 0 Å². The van der Waals surface area contributed by atoms with Gasteiger partial charge in [-0.05, 0) is 47.7 Å². The Balaban J connectivity index is 1.51. The Morgan fingerprint density at radius 3 is 2.67 bits per heavy atom. The molecule has 2 aromatic carbocycles. The maximum absolute atomic E-state index is 13.7. The average Bonchev–Trinajstić information content (AvgIpc) is 3.43. The van der Waals surface area contributed by atoms with Gasteiger partial charge in [-0.1, -0.05) is 42.5 Å². The van der Waals surface area contributed by atoms with Gasteiger partial charge in [-0.15, -0.1) is 11.3 Å². The van der Waals surface area contributed by atoms with Crippen LogP contribution >= 0.6 is 11.3 Å². The van der Waals surface area contributed by atoms with Gasteiger partial charge >= 0.3 is 0 Å². The van der Waals surface area contributed by atoms with E-state index in [4.69, 9.17) is 4.74 Å². The molecule has 5 rings (SSSR count). The quantitative estimate of drug-likeness (QED) is 0.464. The monoisotopic (exact) mass is 459 g/mol. The van der Waals surface area contributed by atoms with E-state index in [2.05, 4.69) is 5.32 Å². The van der Waals surface area contributed by atoms with Gasteiger partial charge in [-0.3, -0.25) is 9.59 Å². The summed E-state index contributed by atoms with van der Waals surface area (Å²) in [5, 5.41) is 6.10. The minimum Gasteiger partial charge on any atom is -0.497 e. The second kappa shape index (κ2) is 8.41. The van der Waals surface area contributed by atoms with Crippen molar-refractivity contribution >= 4 is 33.4 Å². The zero-order chi connectivity index (χ0) is 23.0. The number of thiophene rings is 1. The largest absolute Gasteiger partial charge is 0.497 e. The van der Waals surface area contributed by atoms with Gasteiger partial charge in [0.15, 0.2) is 0 Å². The highest BCUT2D eigenvalue weighted by Crippen LogP contribution is 2.35. The van der Waals surface area contributed by atoms with Crippen molar-refractivity contribution < 1.29 is 14.3 Å². The van der Waals surface area contributed by atoms with Crippen molar-refractivity contribution in [3.63, 3.8) is 0 Å². The van der Waals surface area contributed by atoms with Gasteiger partial charge in [0, 0.05) is 18.5 Å². The van der Waals surface area contributed by atoms with E-state index in [0.29, 0.717) is 25.3 Å². The Bertz CT molecular complexity index is 1330. The van der Waals surface area contributed by atoms with Crippen molar-refractivity contribution in [3.8, 4) is 5.75 Å². The summed E-state index contributed by atoms with van der Waals surface area (Å²) in [4.78, 5) is 30.1. The van der Waals surface area contributed by atoms with Gasteiger partial charge in [0.05, 0.1) is 13.7 Å². The van der Waals surface area contributed by atoms with E-state index in [1.165, 1.54) is 0 Å². The summed E-state index contributed by atoms with van der Waals surface area (Å²) < 4.78 is 7.35. The molecule has 1 N–H and O–H groups in total. The zero-order valence-electron chi connectivity index (χ0n) is 18.6. The first-order valence-electron chi connectivity index (χ1n) is 10.8. The SMILES string of the molecule is COc1cccc(CN2C(=O)c3cc4ccsc4n3CC2(C)C(=O)NCc2ccccc2)c1. The van der Waals surface area contributed by atoms with Gasteiger partial charge in [-0.2, -0.15) is 0 Å². The molecule has 168 valence electrons. The smallest absolute Gasteiger partial charge is 0.271 e. The number of nitrogens with one attached hydrogen (secondary N) is 1. The van der Waals surface area contributed by atoms with E-state index in [1.807, 2.05) is 83.6 Å². The van der Waals surface area contributed by atoms with E-state index >= 15 is 0 Å². The topological polar surface area (TPSA) is 63.6 Å². The Kier molecular flexibility index (Phi) is 5.42. The average molecular weight is 460 g/mol. The van der Waals surface area contributed by atoms with Crippen molar-refractivity contribution in [3.05, 3.63) is 88.9 Å². The maximum atomic E-state index is 13.7. The summed E-state index contributed by atoms with van der Waals surface area (Å²) in [5.41, 5.74) is 1.48. The molecule has 0 radical (unpaired) electrons. The Morgan fingerprint density at radius 2 is 1.88 bits per heavy atom. The number of nitrogens with zero attached hydrogens (tertiary/aromatic N) is 2. The Labute approximate surface area is 196 Å². The summed E-state index contributed by atoms with van der Waals surface area (Å²) in [6.07, 6.45) is 0. The van der Waals surface area contributed by atoms with Crippen molar-refractivity contribution in [2.45, 2.75) is 32.1 Å². The van der Waals surface area contributed by atoms with E-state index < -0.39 is 5.54 Å². The van der Waals surface area contributed by atoms with E-state index in [-0.39, 0.29) is 11.8 Å². The first-order chi connectivity index (χ1) is 16.0. The van der Waals surface area contributed by atoms with Crippen LogP contribution in [0.5, 0.6) is 5.75 Å². The molecule has 0 saturated heterocycles. The number of methoxy groups -OCH3 is 1. The number of ether oxygens (including phenoxy) is 1. The van der Waals surface area contributed by atoms with Crippen LogP contribution in [0.4, 0.5) is 0 Å². The summed E-state index contributed by atoms with van der Waals surface area (Å²) >= 11 is 1.59. The number of carbonyl (C=O) groups is 2. The third kappa shape index (κ3) is 3.78. The number of aromatic nitrogens is 1. The number of benzene rings is 2. The van der Waals surface area contributed by atoms with Crippen LogP contribution in [-0.4, -0.2) is 33.9 Å². The lowest BCUT2D eigenvalue weighted by molar-refractivity contribution is -0.133. The van der Waals surface area contributed by atoms with E-state index in [9.17, 15) is 9.59 Å². The first-order valence-corrected chi connectivity index (χ1v) is 11.7. The maximum Gasteiger partial charge on any atom is 0.271 e. The Hall–Kier alpha value is -3.58. The lowest BCUT2D eigenvalue weighted by Crippen LogP contribution is -2.63. The molecule has 3 heterocycles. The lowest BCUT2D eigenvalue weighted by atomic mass is 9.93. The van der Waals surface area contributed by atoms with Crippen molar-refractivity contribution in [1.82, 2.24) is 14.8 Å². The van der Waals surface area contributed by atoms with Crippen LogP contribution in [0.2, 0.25) is 0 Å². The lowest BCUT2D eigenvalue weighted by Gasteiger charge is -2.44. The van der Waals surface area contributed by atoms with Crippen LogP contribution in [0.1, 0.15) is 28.5 Å². The molecule has 1 aliphatic rings. The number of rotatable bonds is 6. The molecular weight excluding hydrogens is 434 g/mol. The fraction of sp³-hybridized carbons (Fsp3) is 0.231. The molecule has 4 aromatic rings. The Morgan fingerprint density at radius 1 is 1.09 bits per heavy atom. The van der Waals surface area contributed by atoms with E-state index in [1.54, 1.807) is 23.3 Å². The minimum atomic E-state index is -1.06. The predicted molar refractivity (Wildman–Crippen MR) is 129 cm³/mol. The number of fused-ring (bicyclic) bond motifs is 3. The zero-order valence-corrected chi connectivity index (χ0v) is 19.4. The van der Waals surface area contributed by atoms with Crippen molar-refractivity contribution in [2.75, 3.05) is 7.11 Å². The molecule has 2 amide bonds. The van der Waals surface area contributed by atoms with Crippen molar-refractivity contribution in [1.29, 1.82) is 0 Å². The van der Waals surface area contributed by atoms with Gasteiger partial charge < -0.3 is 19.5 Å². The normalized spacial score (nSPS) is 17.8. The highest BCUT2D eigenvalue weighted by molar-refractivity contribution is 7.16. The highest BCUT2D eigenvalue weighted by atomic mass is 32.1. The number of carbonyl (C=O) groups excluding carboxylic acids is 2. The van der Waals surface area contributed by atoms with E-state index in [0.717, 1.165) is 27.1 Å². The van der Waals surface area contributed by atoms with Crippen molar-refractivity contribution in [2.24, 2.45) is 0 Å². The standard InChI is InChI=1S/C26H25N3O3S/c1-26(25(31)27-15-18-7-4-3-5-8-18)17-28-22(14-20-11-12-33-24(20)28)23(30)29(26)16-19-9-6-10-21(13-19)32-2/h3-14H,15-17H2,1-2H3,(H,27,31). The fourth-order valence-electron chi connectivity index (χ4n) is 4.43. The fourth-order valence-corrected chi connectivity index (χ4v) is 5.32. The molecule has 0 aliphatic carbocycles. The third-order valence-corrected chi connectivity index (χ3v) is 7.24. The molecule has 2 aromatic heterocycles. The molecule has 0 saturated carbocycles. The summed E-state index contributed by atoms with van der Waals surface area (Å²) in [6.45, 7) is 2.96. The molecule has 33 heavy (non-hydrogen) atoms. The van der Waals surface area contributed by atoms with Gasteiger partial charge in [0.2, 0.25) is 5.91 Å². The second-order valence-corrected chi connectivity index (χ2v) is 9.38. The molecule has 1 unspecified atom stereocenters. The second-order valence-electron chi connectivity index (χ2n) is 8.48. The van der Waals surface area contributed by atoms with Gasteiger partial charge in [0.1, 0.15) is 21.8 Å². The number of amides is 2. The van der Waals surface area contributed by atoms with Crippen LogP contribution in [-0.2, 0) is 24.4 Å². The summed E-state index contributed by atoms with van der Waals surface area (Å²) in [7, 11) is 1.62. The first kappa shape index (κ1) is 21.3. The molecule has 1 atom stereocenters. The molecule has 7 heteroatoms. The number of hydrogen-bond acceptors (Lipinski definition) is 4. The third-order valence-electron chi connectivity index (χ3n) is 6.29. The number of hydrogen-bond donors (Lipinski definition) is 1. The summed E-state index contributed by atoms with van der Waals surface area (Å²) in [5.74, 6) is 0.396. The highest BCUT2D eigenvalue weighted by Gasteiger charge is 2.47. The molecular formula is C26H25N3O3S. The molecule has 0 spiro atoms. The molecule has 1 aliphatic heterocycles. The predicted octanol–water partition coefficient (Wildman–Crippen LogP) is 4.44. The van der Waals surface area contributed by atoms with Crippen LogP contribution in [0.3, 0.4) is 0 Å². The summed E-state index contributed by atoms with van der Waals surface area (Å²) in [6, 6.07) is 21.3. The minimum absolute atomic E-state index is 0.148. The van der Waals surface area contributed by atoms with Crippen LogP contribution in [0.15, 0.2) is 72.1 Å². The van der Waals surface area contributed by atoms with Crippen LogP contribution < -0.4 is 10.1 Å². The van der Waals surface area contributed by atoms with Crippen LogP contribution in [0.25, 0.3) is 10.2 Å². The molecule has 0 bridgehead atoms. The molecule has 0 fully saturated rings. The van der Waals surface area contributed by atoms with Crippen LogP contribution in [0, 0.1) is 0 Å². The molecule has 6 nitrogen and oxygen atoms in total.